The molecule has 1 amide bonds. The number of nitrogens with zero attached hydrogens (tertiary/aromatic N) is 2. The Kier molecular flexibility index (Phi) is 3.48. The summed E-state index contributed by atoms with van der Waals surface area (Å²) in [6.07, 6.45) is -1.56. The van der Waals surface area contributed by atoms with Gasteiger partial charge in [-0.1, -0.05) is 0 Å². The van der Waals surface area contributed by atoms with Crippen LogP contribution in [0.5, 0.6) is 5.75 Å². The molecule has 2 heterocycles. The molecule has 0 atom stereocenters. The van der Waals surface area contributed by atoms with Crippen LogP contribution in [0.1, 0.15) is 15.9 Å². The lowest BCUT2D eigenvalue weighted by molar-refractivity contribution is -0.137. The Morgan fingerprint density at radius 3 is 2.59 bits per heavy atom. The highest BCUT2D eigenvalue weighted by Crippen LogP contribution is 2.38. The van der Waals surface area contributed by atoms with Gasteiger partial charge in [-0.2, -0.15) is 13.2 Å². The van der Waals surface area contributed by atoms with E-state index in [4.69, 9.17) is 4.74 Å². The first-order valence-corrected chi connectivity index (χ1v) is 6.53. The van der Waals surface area contributed by atoms with Gasteiger partial charge >= 0.3 is 6.18 Å². The molecular weight excluding hydrogens is 297 g/mol. The standard InChI is InChI=1S/C15H11F3N2O2/c16-15(17,18)11-1-2-13-12(9-11)20(7-8-22-13)14(21)10-3-5-19-6-4-10/h1-6,9H,7-8H2. The Hall–Kier alpha value is -2.57. The summed E-state index contributed by atoms with van der Waals surface area (Å²) in [4.78, 5) is 17.6. The van der Waals surface area contributed by atoms with Gasteiger partial charge in [0.15, 0.2) is 0 Å². The van der Waals surface area contributed by atoms with Gasteiger partial charge in [0, 0.05) is 18.0 Å². The molecule has 7 heteroatoms. The van der Waals surface area contributed by atoms with Crippen LogP contribution >= 0.6 is 0 Å². The molecule has 114 valence electrons. The molecule has 1 aromatic carbocycles. The number of benzene rings is 1. The number of hydrogen-bond acceptors (Lipinski definition) is 3. The maximum absolute atomic E-state index is 12.9. The molecule has 1 aliphatic rings. The third kappa shape index (κ3) is 2.61. The fourth-order valence-corrected chi connectivity index (χ4v) is 2.26. The maximum atomic E-state index is 12.9. The smallest absolute Gasteiger partial charge is 0.416 e. The van der Waals surface area contributed by atoms with Crippen LogP contribution in [0.25, 0.3) is 0 Å². The number of carbonyl (C=O) groups is 1. The van der Waals surface area contributed by atoms with Gasteiger partial charge in [0.2, 0.25) is 0 Å². The van der Waals surface area contributed by atoms with E-state index >= 15 is 0 Å². The number of aromatic nitrogens is 1. The van der Waals surface area contributed by atoms with Crippen molar-refractivity contribution in [3.8, 4) is 5.75 Å². The first-order valence-electron chi connectivity index (χ1n) is 6.53. The lowest BCUT2D eigenvalue weighted by atomic mass is 10.1. The van der Waals surface area contributed by atoms with Crippen LogP contribution < -0.4 is 9.64 Å². The molecule has 0 bridgehead atoms. The second-order valence-corrected chi connectivity index (χ2v) is 4.72. The zero-order chi connectivity index (χ0) is 15.7. The monoisotopic (exact) mass is 308 g/mol. The molecule has 0 spiro atoms. The van der Waals surface area contributed by atoms with Crippen molar-refractivity contribution in [3.05, 3.63) is 53.9 Å². The molecule has 0 aliphatic carbocycles. The predicted octanol–water partition coefficient (Wildman–Crippen LogP) is 3.14. The van der Waals surface area contributed by atoms with E-state index in [0.29, 0.717) is 5.56 Å². The number of pyridine rings is 1. The summed E-state index contributed by atoms with van der Waals surface area (Å²) in [5, 5.41) is 0. The second kappa shape index (κ2) is 5.32. The van der Waals surface area contributed by atoms with Gasteiger partial charge in [0.1, 0.15) is 12.4 Å². The van der Waals surface area contributed by atoms with Crippen LogP contribution in [0.2, 0.25) is 0 Å². The lowest BCUT2D eigenvalue weighted by Crippen LogP contribution is -2.38. The molecular formula is C15H11F3N2O2. The van der Waals surface area contributed by atoms with Gasteiger partial charge in [0.05, 0.1) is 17.8 Å². The molecule has 0 saturated heterocycles. The van der Waals surface area contributed by atoms with Gasteiger partial charge in [-0.3, -0.25) is 9.78 Å². The Morgan fingerprint density at radius 2 is 1.91 bits per heavy atom. The van der Waals surface area contributed by atoms with Gasteiger partial charge in [-0.15, -0.1) is 0 Å². The molecule has 3 rings (SSSR count). The van der Waals surface area contributed by atoms with Crippen LogP contribution in [0, 0.1) is 0 Å². The summed E-state index contributed by atoms with van der Waals surface area (Å²) in [7, 11) is 0. The van der Waals surface area contributed by atoms with Gasteiger partial charge in [-0.05, 0) is 30.3 Å². The van der Waals surface area contributed by atoms with Crippen molar-refractivity contribution in [2.75, 3.05) is 18.1 Å². The Balaban J connectivity index is 2.02. The van der Waals surface area contributed by atoms with Crippen molar-refractivity contribution in [1.29, 1.82) is 0 Å². The number of fused-ring (bicyclic) bond motifs is 1. The third-order valence-corrected chi connectivity index (χ3v) is 3.32. The van der Waals surface area contributed by atoms with E-state index in [1.165, 1.54) is 35.5 Å². The van der Waals surface area contributed by atoms with Crippen LogP contribution in [0.4, 0.5) is 18.9 Å². The Labute approximate surface area is 124 Å². The molecule has 1 aliphatic heterocycles. The Morgan fingerprint density at radius 1 is 1.18 bits per heavy atom. The minimum Gasteiger partial charge on any atom is -0.490 e. The number of alkyl halides is 3. The minimum absolute atomic E-state index is 0.128. The zero-order valence-electron chi connectivity index (χ0n) is 11.3. The van der Waals surface area contributed by atoms with E-state index in [2.05, 4.69) is 4.98 Å². The molecule has 0 fully saturated rings. The summed E-state index contributed by atoms with van der Waals surface area (Å²) < 4.78 is 43.9. The van der Waals surface area contributed by atoms with E-state index in [9.17, 15) is 18.0 Å². The molecule has 0 radical (unpaired) electrons. The average molecular weight is 308 g/mol. The number of hydrogen-bond donors (Lipinski definition) is 0. The lowest BCUT2D eigenvalue weighted by Gasteiger charge is -2.30. The van der Waals surface area contributed by atoms with Gasteiger partial charge < -0.3 is 9.64 Å². The zero-order valence-corrected chi connectivity index (χ0v) is 11.3. The van der Waals surface area contributed by atoms with Crippen LogP contribution in [0.15, 0.2) is 42.7 Å². The van der Waals surface area contributed by atoms with Crippen molar-refractivity contribution in [1.82, 2.24) is 4.98 Å². The third-order valence-electron chi connectivity index (χ3n) is 3.32. The Bertz CT molecular complexity index is 702. The number of carbonyl (C=O) groups excluding carboxylic acids is 1. The van der Waals surface area contributed by atoms with Gasteiger partial charge in [-0.25, -0.2) is 0 Å². The highest BCUT2D eigenvalue weighted by molar-refractivity contribution is 6.07. The number of anilines is 1. The van der Waals surface area contributed by atoms with E-state index < -0.39 is 11.7 Å². The van der Waals surface area contributed by atoms with Crippen molar-refractivity contribution >= 4 is 11.6 Å². The topological polar surface area (TPSA) is 42.4 Å². The number of amides is 1. The number of rotatable bonds is 1. The van der Waals surface area contributed by atoms with E-state index in [1.807, 2.05) is 0 Å². The van der Waals surface area contributed by atoms with Crippen molar-refractivity contribution < 1.29 is 22.7 Å². The maximum Gasteiger partial charge on any atom is 0.416 e. The molecule has 0 saturated carbocycles. The van der Waals surface area contributed by atoms with E-state index in [0.717, 1.165) is 12.1 Å². The highest BCUT2D eigenvalue weighted by atomic mass is 19.4. The van der Waals surface area contributed by atoms with E-state index in [1.54, 1.807) is 0 Å². The van der Waals surface area contributed by atoms with Crippen molar-refractivity contribution in [3.63, 3.8) is 0 Å². The highest BCUT2D eigenvalue weighted by Gasteiger charge is 2.33. The van der Waals surface area contributed by atoms with Crippen LogP contribution in [-0.4, -0.2) is 24.0 Å². The predicted molar refractivity (Wildman–Crippen MR) is 72.9 cm³/mol. The first kappa shape index (κ1) is 14.4. The molecule has 22 heavy (non-hydrogen) atoms. The largest absolute Gasteiger partial charge is 0.490 e. The average Bonchev–Trinajstić information content (AvgIpc) is 2.53. The fraction of sp³-hybridized carbons (Fsp3) is 0.200. The number of ether oxygens (including phenoxy) is 1. The van der Waals surface area contributed by atoms with Crippen molar-refractivity contribution in [2.45, 2.75) is 6.18 Å². The first-order chi connectivity index (χ1) is 10.5. The van der Waals surface area contributed by atoms with Crippen molar-refractivity contribution in [2.24, 2.45) is 0 Å². The molecule has 0 N–H and O–H groups in total. The van der Waals surface area contributed by atoms with Crippen LogP contribution in [0.3, 0.4) is 0 Å². The second-order valence-electron chi connectivity index (χ2n) is 4.72. The fourth-order valence-electron chi connectivity index (χ4n) is 2.26. The molecule has 4 nitrogen and oxygen atoms in total. The SMILES string of the molecule is O=C(c1ccncc1)N1CCOc2ccc(C(F)(F)F)cc21. The van der Waals surface area contributed by atoms with Gasteiger partial charge in [0.25, 0.3) is 5.91 Å². The molecule has 0 unspecified atom stereocenters. The molecule has 1 aromatic heterocycles. The summed E-state index contributed by atoms with van der Waals surface area (Å²) >= 11 is 0. The summed E-state index contributed by atoms with van der Waals surface area (Å²) in [5.41, 5.74) is -0.326. The quantitative estimate of drug-likeness (QED) is 0.813. The summed E-state index contributed by atoms with van der Waals surface area (Å²) in [6, 6.07) is 6.16. The van der Waals surface area contributed by atoms with Crippen LogP contribution in [-0.2, 0) is 6.18 Å². The summed E-state index contributed by atoms with van der Waals surface area (Å²) in [6.45, 7) is 0.421. The normalized spacial score (nSPS) is 14.2. The number of halogens is 3. The van der Waals surface area contributed by atoms with E-state index in [-0.39, 0.29) is 30.5 Å². The molecule has 2 aromatic rings. The minimum atomic E-state index is -4.47. The summed E-state index contributed by atoms with van der Waals surface area (Å²) in [5.74, 6) is -0.118.